The molecule has 12 nitrogen and oxygen atoms in total. The van der Waals surface area contributed by atoms with Gasteiger partial charge in [0.25, 0.3) is 11.6 Å². The average Bonchev–Trinajstić information content (AvgIpc) is 2.84. The fraction of sp³-hybridized carbons (Fsp3) is 0.130. The van der Waals surface area contributed by atoms with E-state index in [4.69, 9.17) is 14.2 Å². The number of carbonyl (C=O) groups is 1. The number of hydrogen-bond donors (Lipinski definition) is 1. The van der Waals surface area contributed by atoms with Gasteiger partial charge in [0.15, 0.2) is 11.5 Å². The second-order valence-electron chi connectivity index (χ2n) is 6.84. The summed E-state index contributed by atoms with van der Waals surface area (Å²) in [6.07, 6.45) is 1.36. The van der Waals surface area contributed by atoms with Crippen LogP contribution in [0.2, 0.25) is 0 Å². The van der Waals surface area contributed by atoms with Crippen LogP contribution in [0.3, 0.4) is 0 Å². The number of hydrazone groups is 1. The van der Waals surface area contributed by atoms with Gasteiger partial charge in [0.05, 0.1) is 35.8 Å². The highest BCUT2D eigenvalue weighted by atomic mass is 16.6. The monoisotopic (exact) mass is 480 g/mol. The molecule has 1 N–H and O–H groups in total. The van der Waals surface area contributed by atoms with Crippen LogP contribution in [-0.4, -0.2) is 35.7 Å². The highest BCUT2D eigenvalue weighted by molar-refractivity contribution is 5.95. The van der Waals surface area contributed by atoms with E-state index in [9.17, 15) is 25.0 Å². The predicted molar refractivity (Wildman–Crippen MR) is 125 cm³/mol. The number of nitro benzene ring substituents is 2. The molecule has 0 aromatic heterocycles. The van der Waals surface area contributed by atoms with Crippen LogP contribution >= 0.6 is 0 Å². The topological polar surface area (TPSA) is 155 Å². The Morgan fingerprint density at radius 1 is 1.00 bits per heavy atom. The first-order chi connectivity index (χ1) is 16.8. The van der Waals surface area contributed by atoms with Gasteiger partial charge in [0.1, 0.15) is 5.75 Å². The maximum atomic E-state index is 12.4. The Bertz CT molecular complexity index is 1290. The normalized spacial score (nSPS) is 10.6. The molecule has 0 aliphatic heterocycles. The van der Waals surface area contributed by atoms with Crippen LogP contribution in [0.4, 0.5) is 11.4 Å². The number of carbonyl (C=O) groups excluding carboxylic acids is 1. The molecule has 180 valence electrons. The quantitative estimate of drug-likeness (QED) is 0.253. The van der Waals surface area contributed by atoms with Gasteiger partial charge in [0, 0.05) is 11.6 Å². The number of non-ortho nitro benzene ring substituents is 1. The molecule has 0 spiro atoms. The van der Waals surface area contributed by atoms with Gasteiger partial charge >= 0.3 is 5.69 Å². The van der Waals surface area contributed by atoms with Crippen LogP contribution in [0.1, 0.15) is 22.8 Å². The first-order valence-electron chi connectivity index (χ1n) is 10.2. The van der Waals surface area contributed by atoms with Crippen LogP contribution in [-0.2, 0) is 0 Å². The molecule has 0 radical (unpaired) electrons. The summed E-state index contributed by atoms with van der Waals surface area (Å²) in [7, 11) is 1.50. The molecule has 0 atom stereocenters. The van der Waals surface area contributed by atoms with Gasteiger partial charge in [0.2, 0.25) is 5.75 Å². The van der Waals surface area contributed by atoms with Gasteiger partial charge in [-0.1, -0.05) is 12.1 Å². The van der Waals surface area contributed by atoms with Gasteiger partial charge in [-0.25, -0.2) is 5.43 Å². The van der Waals surface area contributed by atoms with Crippen LogP contribution in [0.5, 0.6) is 23.0 Å². The molecule has 3 aromatic carbocycles. The largest absolute Gasteiger partial charge is 0.493 e. The van der Waals surface area contributed by atoms with E-state index in [2.05, 4.69) is 10.5 Å². The molecule has 0 aliphatic rings. The minimum absolute atomic E-state index is 0.160. The molecule has 0 unspecified atom stereocenters. The van der Waals surface area contributed by atoms with E-state index >= 15 is 0 Å². The molecular weight excluding hydrogens is 460 g/mol. The smallest absolute Gasteiger partial charge is 0.318 e. The SMILES string of the molecule is CCOc1cc(C(=O)N/N=C/c2cccc(Oc3ccc([N+](=O)[O-])cc3[N+](=O)[O-])c2)ccc1OC. The summed E-state index contributed by atoms with van der Waals surface area (Å²) < 4.78 is 16.2. The minimum atomic E-state index is -0.765. The number of nitrogens with zero attached hydrogens (tertiary/aromatic N) is 3. The maximum absolute atomic E-state index is 12.4. The molecule has 1 amide bonds. The summed E-state index contributed by atoms with van der Waals surface area (Å²) >= 11 is 0. The number of benzene rings is 3. The lowest BCUT2D eigenvalue weighted by Gasteiger charge is -2.10. The predicted octanol–water partition coefficient (Wildman–Crippen LogP) is 4.47. The third kappa shape index (κ3) is 6.28. The van der Waals surface area contributed by atoms with Crippen LogP contribution < -0.4 is 19.6 Å². The zero-order chi connectivity index (χ0) is 25.4. The van der Waals surface area contributed by atoms with E-state index in [-0.39, 0.29) is 11.5 Å². The lowest BCUT2D eigenvalue weighted by atomic mass is 10.2. The molecule has 0 saturated heterocycles. The molecule has 12 heteroatoms. The van der Waals surface area contributed by atoms with Gasteiger partial charge < -0.3 is 14.2 Å². The number of methoxy groups -OCH3 is 1. The first kappa shape index (κ1) is 24.6. The summed E-state index contributed by atoms with van der Waals surface area (Å²) in [6, 6.07) is 14.2. The van der Waals surface area contributed by atoms with E-state index in [0.717, 1.165) is 18.2 Å². The number of nitro groups is 2. The molecular formula is C23H20N4O8. The third-order valence-corrected chi connectivity index (χ3v) is 4.54. The Hall–Kier alpha value is -5.00. The number of nitrogens with one attached hydrogen (secondary N) is 1. The van der Waals surface area contributed by atoms with Crippen molar-refractivity contribution in [3.8, 4) is 23.0 Å². The minimum Gasteiger partial charge on any atom is -0.493 e. The van der Waals surface area contributed by atoms with Crippen molar-refractivity contribution >= 4 is 23.5 Å². The molecule has 0 heterocycles. The molecule has 0 bridgehead atoms. The zero-order valence-electron chi connectivity index (χ0n) is 18.7. The van der Waals surface area contributed by atoms with Crippen LogP contribution in [0, 0.1) is 20.2 Å². The second kappa shape index (κ2) is 11.2. The first-order valence-corrected chi connectivity index (χ1v) is 10.2. The molecule has 3 aromatic rings. The van der Waals surface area contributed by atoms with Crippen molar-refractivity contribution in [2.45, 2.75) is 6.92 Å². The Balaban J connectivity index is 1.72. The van der Waals surface area contributed by atoms with Crippen molar-refractivity contribution in [3.63, 3.8) is 0 Å². The van der Waals surface area contributed by atoms with Gasteiger partial charge in [-0.05, 0) is 48.9 Å². The zero-order valence-corrected chi connectivity index (χ0v) is 18.7. The summed E-state index contributed by atoms with van der Waals surface area (Å²) in [5, 5.41) is 26.1. The molecule has 0 saturated carbocycles. The summed E-state index contributed by atoms with van der Waals surface area (Å²) in [4.78, 5) is 33.1. The fourth-order valence-electron chi connectivity index (χ4n) is 2.95. The highest BCUT2D eigenvalue weighted by Gasteiger charge is 2.21. The van der Waals surface area contributed by atoms with Crippen molar-refractivity contribution in [2.75, 3.05) is 13.7 Å². The Morgan fingerprint density at radius 2 is 1.77 bits per heavy atom. The summed E-state index contributed by atoms with van der Waals surface area (Å²) in [5.74, 6) is 0.522. The van der Waals surface area contributed by atoms with Gasteiger partial charge in [-0.15, -0.1) is 0 Å². The van der Waals surface area contributed by atoms with Gasteiger partial charge in [-0.2, -0.15) is 5.10 Å². The van der Waals surface area contributed by atoms with E-state index in [1.54, 1.807) is 36.4 Å². The number of rotatable bonds is 10. The van der Waals surface area contributed by atoms with E-state index in [1.807, 2.05) is 6.92 Å². The Morgan fingerprint density at radius 3 is 2.46 bits per heavy atom. The van der Waals surface area contributed by atoms with Crippen molar-refractivity contribution in [1.29, 1.82) is 0 Å². The summed E-state index contributed by atoms with van der Waals surface area (Å²) in [5.41, 5.74) is 2.27. The third-order valence-electron chi connectivity index (χ3n) is 4.54. The van der Waals surface area contributed by atoms with Crippen molar-refractivity contribution in [1.82, 2.24) is 5.43 Å². The van der Waals surface area contributed by atoms with Crippen molar-refractivity contribution in [3.05, 3.63) is 92.0 Å². The standard InChI is InChI=1S/C23H20N4O8/c1-3-34-22-12-16(7-9-21(22)33-2)23(28)25-24-14-15-5-4-6-18(11-15)35-20-10-8-17(26(29)30)13-19(20)27(31)32/h4-14H,3H2,1-2H3,(H,25,28)/b24-14+. The Kier molecular flexibility index (Phi) is 7.90. The second-order valence-corrected chi connectivity index (χ2v) is 6.84. The number of amides is 1. The summed E-state index contributed by atoms with van der Waals surface area (Å²) in [6.45, 7) is 2.22. The lowest BCUT2D eigenvalue weighted by Crippen LogP contribution is -2.17. The number of hydrogen-bond acceptors (Lipinski definition) is 9. The van der Waals surface area contributed by atoms with Crippen molar-refractivity contribution < 1.29 is 28.9 Å². The Labute approximate surface area is 199 Å². The molecule has 0 fully saturated rings. The maximum Gasteiger partial charge on any atom is 0.318 e. The van der Waals surface area contributed by atoms with Gasteiger partial charge in [-0.3, -0.25) is 25.0 Å². The average molecular weight is 480 g/mol. The highest BCUT2D eigenvalue weighted by Crippen LogP contribution is 2.34. The van der Waals surface area contributed by atoms with E-state index in [1.165, 1.54) is 19.4 Å². The molecule has 0 aliphatic carbocycles. The fourth-order valence-corrected chi connectivity index (χ4v) is 2.95. The molecule has 3 rings (SSSR count). The van der Waals surface area contributed by atoms with E-state index in [0.29, 0.717) is 29.2 Å². The molecule has 35 heavy (non-hydrogen) atoms. The van der Waals surface area contributed by atoms with E-state index < -0.39 is 27.1 Å². The van der Waals surface area contributed by atoms with Crippen molar-refractivity contribution in [2.24, 2.45) is 5.10 Å². The number of ether oxygens (including phenoxy) is 3. The van der Waals surface area contributed by atoms with Crippen LogP contribution in [0.15, 0.2) is 65.8 Å². The lowest BCUT2D eigenvalue weighted by molar-refractivity contribution is -0.394. The van der Waals surface area contributed by atoms with Crippen LogP contribution in [0.25, 0.3) is 0 Å².